The van der Waals surface area contributed by atoms with Crippen molar-refractivity contribution in [3.8, 4) is 23.0 Å². The van der Waals surface area contributed by atoms with Gasteiger partial charge >= 0.3 is 48.9 Å². The molecule has 18 nitrogen and oxygen atoms in total. The molecule has 4 N–H and O–H groups in total. The first-order chi connectivity index (χ1) is 35.3. The zero-order chi connectivity index (χ0) is 53.5. The Balaban J connectivity index is 0.000000241. The van der Waals surface area contributed by atoms with Crippen molar-refractivity contribution < 1.29 is 55.5 Å². The van der Waals surface area contributed by atoms with Crippen LogP contribution in [0.4, 0.5) is 34.1 Å². The van der Waals surface area contributed by atoms with E-state index in [1.54, 1.807) is 117 Å². The molecule has 0 saturated carbocycles. The molecule has 0 bridgehead atoms. The summed E-state index contributed by atoms with van der Waals surface area (Å²) in [6.45, 7) is 3.35. The van der Waals surface area contributed by atoms with Crippen molar-refractivity contribution in [1.82, 2.24) is 0 Å². The Bertz CT molecular complexity index is 3830. The molecule has 8 rings (SSSR count). The second kappa shape index (κ2) is 25.0. The van der Waals surface area contributed by atoms with Crippen molar-refractivity contribution in [1.29, 1.82) is 0 Å². The van der Waals surface area contributed by atoms with Gasteiger partial charge in [-0.3, -0.25) is 18.9 Å². The summed E-state index contributed by atoms with van der Waals surface area (Å²) in [7, 11) is -5.97. The smallest absolute Gasteiger partial charge is 0.871 e. The maximum absolute atomic E-state index is 13.3. The van der Waals surface area contributed by atoms with E-state index in [0.717, 1.165) is 6.07 Å². The van der Waals surface area contributed by atoms with Gasteiger partial charge in [0.2, 0.25) is 0 Å². The summed E-state index contributed by atoms with van der Waals surface area (Å²) in [5.74, 6) is -1.35. The third-order valence-electron chi connectivity index (χ3n) is 11.2. The van der Waals surface area contributed by atoms with Gasteiger partial charge in [-0.05, 0) is 107 Å². The molecule has 0 aliphatic rings. The summed E-state index contributed by atoms with van der Waals surface area (Å²) in [4.78, 5) is 16.5. The Morgan fingerprint density at radius 1 is 0.627 bits per heavy atom. The molecule has 0 aromatic heterocycles. The number of azo groups is 2. The minimum atomic E-state index is -4.50. The van der Waals surface area contributed by atoms with E-state index in [9.17, 15) is 46.1 Å². The number of carbonyl (C=O) groups is 1. The number of anilines is 1. The molecule has 0 atom stereocenters. The van der Waals surface area contributed by atoms with Crippen molar-refractivity contribution in [2.75, 3.05) is 19.5 Å². The number of carbonyl (C=O) groups excluding carboxylic acids is 1. The van der Waals surface area contributed by atoms with Gasteiger partial charge in [0.05, 0.1) is 51.0 Å². The first-order valence-electron chi connectivity index (χ1n) is 22.0. The number of aromatic hydroxyl groups is 1. The summed E-state index contributed by atoms with van der Waals surface area (Å²) >= 11 is 12.7. The maximum atomic E-state index is 13.3. The van der Waals surface area contributed by atoms with Crippen molar-refractivity contribution in [2.24, 2.45) is 25.4 Å². The molecule has 8 aromatic rings. The van der Waals surface area contributed by atoms with Gasteiger partial charge in [0.25, 0.3) is 26.1 Å². The molecule has 23 heteroatoms. The van der Waals surface area contributed by atoms with E-state index < -0.39 is 43.5 Å². The SMILES string of the molecule is CCc1c(S(=O)(=O)O)ccc(N=Nc2c(O)c(C(=O)Nc3cccc(OC)c3)cc3ccccc23)c1Cl.CCc1c(S(=O)(=O)O)ccc(N=Nc2c([O-])c(C([O-])=Nc3cccc(OC)c3)cc3ccccc23)c1Cl.[Ba+2]. The molecule has 0 heterocycles. The normalized spacial score (nSPS) is 11.9. The average Bonchev–Trinajstić information content (AvgIpc) is 3.37. The molecule has 0 radical (unpaired) electrons. The summed E-state index contributed by atoms with van der Waals surface area (Å²) in [6, 6.07) is 35.1. The van der Waals surface area contributed by atoms with Gasteiger partial charge < -0.3 is 30.1 Å². The topological polar surface area (TPSA) is 284 Å². The monoisotopic (exact) mass is 1210 g/mol. The van der Waals surface area contributed by atoms with Gasteiger partial charge in [-0.15, -0.1) is 15.3 Å². The van der Waals surface area contributed by atoms with Crippen LogP contribution in [0.3, 0.4) is 0 Å². The quantitative estimate of drug-likeness (QED) is 0.0260. The standard InChI is InChI=1S/2C26H22ClN3O6S.Ba/c2*1-3-18-22(37(33,34)35)12-11-21(23(18)27)29-30-24-19-10-5-4-7-15(19)13-20(25(24)31)26(32)28-16-8-6-9-17(14-16)36-2;/h2*4-14,31H,3H2,1-2H3,(H,28,32)(H,33,34,35);/q;;+2/p-2. The number of hydrogen-bond acceptors (Lipinski definition) is 15. The number of nitrogens with one attached hydrogen (secondary N) is 1. The molecule has 75 heavy (non-hydrogen) atoms. The van der Waals surface area contributed by atoms with Crippen LogP contribution < -0.4 is 25.0 Å². The Hall–Kier alpha value is -6.41. The number of aliphatic imine (C=N–C) groups is 1. The molecule has 0 saturated heterocycles. The van der Waals surface area contributed by atoms with Crippen molar-refractivity contribution in [2.45, 2.75) is 36.5 Å². The van der Waals surface area contributed by atoms with Crippen LogP contribution in [-0.2, 0) is 33.1 Å². The third-order valence-corrected chi connectivity index (χ3v) is 13.9. The van der Waals surface area contributed by atoms with E-state index >= 15 is 0 Å². The molecule has 1 amide bonds. The second-order valence-electron chi connectivity index (χ2n) is 15.8. The van der Waals surface area contributed by atoms with Crippen molar-refractivity contribution in [3.63, 3.8) is 0 Å². The van der Waals surface area contributed by atoms with E-state index in [0.29, 0.717) is 44.4 Å². The number of methoxy groups -OCH3 is 2. The third kappa shape index (κ3) is 13.3. The molecule has 0 fully saturated rings. The summed E-state index contributed by atoms with van der Waals surface area (Å²) in [5, 5.41) is 58.8. The predicted octanol–water partition coefficient (Wildman–Crippen LogP) is 11.5. The van der Waals surface area contributed by atoms with Gasteiger partial charge in [0.1, 0.15) is 28.6 Å². The molecule has 0 aliphatic heterocycles. The van der Waals surface area contributed by atoms with Crippen LogP contribution in [0.25, 0.3) is 21.5 Å². The molecule has 8 aromatic carbocycles. The summed E-state index contributed by atoms with van der Waals surface area (Å²) in [5.41, 5.74) is 1.05. The van der Waals surface area contributed by atoms with Crippen molar-refractivity contribution >= 4 is 160 Å². The van der Waals surface area contributed by atoms with E-state index in [1.807, 2.05) is 0 Å². The summed E-state index contributed by atoms with van der Waals surface area (Å²) < 4.78 is 76.0. The van der Waals surface area contributed by atoms with Crippen LogP contribution in [0.2, 0.25) is 10.0 Å². The fourth-order valence-corrected chi connectivity index (χ4v) is 9.98. The molecule has 0 spiro atoms. The van der Waals surface area contributed by atoms with E-state index in [2.05, 4.69) is 30.8 Å². The van der Waals surface area contributed by atoms with Gasteiger partial charge in [-0.1, -0.05) is 103 Å². The zero-order valence-electron chi connectivity index (χ0n) is 40.1. The van der Waals surface area contributed by atoms with Crippen LogP contribution in [0.15, 0.2) is 169 Å². The number of fused-ring (bicyclic) bond motifs is 2. The number of ether oxygens (including phenoxy) is 2. The molecular formula is C52H42BaCl2N6O12S2. The minimum absolute atomic E-state index is 0. The predicted molar refractivity (Wildman–Crippen MR) is 285 cm³/mol. The fraction of sp³-hybridized carbons (Fsp3) is 0.115. The van der Waals surface area contributed by atoms with E-state index in [1.165, 1.54) is 38.5 Å². The van der Waals surface area contributed by atoms with Gasteiger partial charge in [0, 0.05) is 28.6 Å². The van der Waals surface area contributed by atoms with E-state index in [4.69, 9.17) is 32.7 Å². The Kier molecular flexibility index (Phi) is 19.3. The largest absolute Gasteiger partial charge is 2.00 e. The zero-order valence-corrected chi connectivity index (χ0v) is 47.7. The minimum Gasteiger partial charge on any atom is -0.871 e. The molecule has 0 unspecified atom stereocenters. The molecule has 0 aliphatic carbocycles. The van der Waals surface area contributed by atoms with E-state index in [-0.39, 0.29) is 127 Å². The van der Waals surface area contributed by atoms with Crippen LogP contribution >= 0.6 is 23.2 Å². The number of amides is 1. The fourth-order valence-electron chi connectivity index (χ4n) is 7.60. The Labute approximate surface area is 481 Å². The van der Waals surface area contributed by atoms with Crippen LogP contribution in [0.1, 0.15) is 40.9 Å². The van der Waals surface area contributed by atoms with Crippen molar-refractivity contribution in [3.05, 3.63) is 166 Å². The first-order valence-corrected chi connectivity index (χ1v) is 25.7. The number of benzene rings is 8. The number of halogens is 2. The second-order valence-corrected chi connectivity index (χ2v) is 19.3. The Morgan fingerprint density at radius 2 is 1.11 bits per heavy atom. The average molecular weight is 1220 g/mol. The number of nitrogens with zero attached hydrogens (tertiary/aromatic N) is 5. The van der Waals surface area contributed by atoms with Gasteiger partial charge in [0.15, 0.2) is 5.75 Å². The molecular weight excluding hydrogens is 1170 g/mol. The van der Waals surface area contributed by atoms with Crippen LogP contribution in [0, 0.1) is 0 Å². The summed E-state index contributed by atoms with van der Waals surface area (Å²) in [6.07, 6.45) is 0.411. The number of rotatable bonds is 14. The number of hydrogen-bond donors (Lipinski definition) is 4. The van der Waals surface area contributed by atoms with Gasteiger partial charge in [-0.25, -0.2) is 0 Å². The van der Waals surface area contributed by atoms with Crippen LogP contribution in [0.5, 0.6) is 23.0 Å². The van der Waals surface area contributed by atoms with Gasteiger partial charge in [-0.2, -0.15) is 21.9 Å². The Morgan fingerprint density at radius 3 is 1.63 bits per heavy atom. The number of phenols is 1. The molecule has 380 valence electrons. The number of phenolic OH excluding ortho intramolecular Hbond substituents is 1. The maximum Gasteiger partial charge on any atom is 2.00 e. The first kappa shape index (κ1) is 57.9. The van der Waals surface area contributed by atoms with Crippen LogP contribution in [-0.4, -0.2) is 106 Å².